The van der Waals surface area contributed by atoms with E-state index in [0.717, 1.165) is 23.4 Å². The highest BCUT2D eigenvalue weighted by molar-refractivity contribution is 5.94. The summed E-state index contributed by atoms with van der Waals surface area (Å²) in [4.78, 5) is 11.9. The van der Waals surface area contributed by atoms with Crippen molar-refractivity contribution < 1.29 is 18.0 Å². The summed E-state index contributed by atoms with van der Waals surface area (Å²) >= 11 is 0. The molecular weight excluding hydrogens is 295 g/mol. The lowest BCUT2D eigenvalue weighted by Gasteiger charge is -2.24. The number of nitrogens with zero attached hydrogens (tertiary/aromatic N) is 2. The van der Waals surface area contributed by atoms with E-state index in [-0.39, 0.29) is 18.2 Å². The van der Waals surface area contributed by atoms with Gasteiger partial charge in [0.2, 0.25) is 5.91 Å². The number of anilines is 1. The van der Waals surface area contributed by atoms with Crippen LogP contribution < -0.4 is 5.32 Å². The molecule has 0 aliphatic carbocycles. The number of hydrogen-bond acceptors (Lipinski definition) is 2. The van der Waals surface area contributed by atoms with Crippen molar-refractivity contribution in [2.24, 2.45) is 7.05 Å². The fourth-order valence-electron chi connectivity index (χ4n) is 2.90. The minimum absolute atomic E-state index is 0.166. The third-order valence-electron chi connectivity index (χ3n) is 3.90. The number of rotatable bonds is 1. The van der Waals surface area contributed by atoms with Gasteiger partial charge in [-0.15, -0.1) is 0 Å². The van der Waals surface area contributed by atoms with Gasteiger partial charge in [0.15, 0.2) is 0 Å². The molecule has 1 atom stereocenters. The molecule has 1 aliphatic rings. The molecule has 0 radical (unpaired) electrons. The number of halogens is 3. The monoisotopic (exact) mass is 309 g/mol. The van der Waals surface area contributed by atoms with Crippen LogP contribution in [-0.4, -0.2) is 15.7 Å². The first-order valence-electron chi connectivity index (χ1n) is 6.78. The third kappa shape index (κ3) is 2.36. The summed E-state index contributed by atoms with van der Waals surface area (Å²) in [5.41, 5.74) is 1.61. The standard InChI is InChI=1S/C15H14F3N3O/c1-8-13-11(7-12(22)19-14(13)21(2)20-8)9-3-5-10(6-4-9)15(16,17)18/h3-6,11H,7H2,1-2H3,(H,19,22)/t11-/m1/s1. The molecule has 1 aromatic heterocycles. The Morgan fingerprint density at radius 2 is 1.91 bits per heavy atom. The molecule has 0 unspecified atom stereocenters. The highest BCUT2D eigenvalue weighted by atomic mass is 19.4. The van der Waals surface area contributed by atoms with Crippen LogP contribution in [0.2, 0.25) is 0 Å². The minimum Gasteiger partial charge on any atom is -0.311 e. The molecule has 1 N–H and O–H groups in total. The lowest BCUT2D eigenvalue weighted by Crippen LogP contribution is -2.24. The fourth-order valence-corrected chi connectivity index (χ4v) is 2.90. The largest absolute Gasteiger partial charge is 0.416 e. The lowest BCUT2D eigenvalue weighted by molar-refractivity contribution is -0.137. The van der Waals surface area contributed by atoms with Crippen LogP contribution in [0.25, 0.3) is 0 Å². The quantitative estimate of drug-likeness (QED) is 0.879. The molecule has 0 saturated heterocycles. The molecule has 2 heterocycles. The Labute approximate surface area is 124 Å². The van der Waals surface area contributed by atoms with E-state index in [1.165, 1.54) is 12.1 Å². The van der Waals surface area contributed by atoms with Gasteiger partial charge in [-0.3, -0.25) is 9.48 Å². The van der Waals surface area contributed by atoms with Crippen molar-refractivity contribution in [2.45, 2.75) is 25.4 Å². The average molecular weight is 309 g/mol. The second-order valence-corrected chi connectivity index (χ2v) is 5.40. The predicted molar refractivity (Wildman–Crippen MR) is 74.5 cm³/mol. The van der Waals surface area contributed by atoms with Gasteiger partial charge in [0, 0.05) is 24.9 Å². The number of hydrogen-bond donors (Lipinski definition) is 1. The Hall–Kier alpha value is -2.31. The van der Waals surface area contributed by atoms with Gasteiger partial charge in [-0.25, -0.2) is 0 Å². The first-order valence-corrected chi connectivity index (χ1v) is 6.78. The molecule has 2 aromatic rings. The smallest absolute Gasteiger partial charge is 0.311 e. The zero-order valence-corrected chi connectivity index (χ0v) is 12.0. The average Bonchev–Trinajstić information content (AvgIpc) is 2.72. The van der Waals surface area contributed by atoms with E-state index in [9.17, 15) is 18.0 Å². The topological polar surface area (TPSA) is 46.9 Å². The van der Waals surface area contributed by atoms with Gasteiger partial charge in [0.25, 0.3) is 0 Å². The number of alkyl halides is 3. The van der Waals surface area contributed by atoms with Crippen molar-refractivity contribution in [3.8, 4) is 0 Å². The van der Waals surface area contributed by atoms with Crippen LogP contribution in [0, 0.1) is 6.92 Å². The molecule has 1 aliphatic heterocycles. The maximum Gasteiger partial charge on any atom is 0.416 e. The number of amides is 1. The van der Waals surface area contributed by atoms with Crippen molar-refractivity contribution in [3.05, 3.63) is 46.6 Å². The van der Waals surface area contributed by atoms with Crippen LogP contribution in [0.3, 0.4) is 0 Å². The van der Waals surface area contributed by atoms with Crippen LogP contribution in [0.5, 0.6) is 0 Å². The zero-order valence-electron chi connectivity index (χ0n) is 12.0. The maximum atomic E-state index is 12.7. The van der Waals surface area contributed by atoms with Crippen LogP contribution in [0.1, 0.15) is 34.7 Å². The fraction of sp³-hybridized carbons (Fsp3) is 0.333. The van der Waals surface area contributed by atoms with Crippen molar-refractivity contribution in [3.63, 3.8) is 0 Å². The van der Waals surface area contributed by atoms with E-state index in [1.807, 2.05) is 6.92 Å². The van der Waals surface area contributed by atoms with Gasteiger partial charge in [-0.1, -0.05) is 12.1 Å². The molecule has 7 heteroatoms. The number of fused-ring (bicyclic) bond motifs is 1. The van der Waals surface area contributed by atoms with Gasteiger partial charge in [-0.2, -0.15) is 18.3 Å². The first-order chi connectivity index (χ1) is 10.3. The van der Waals surface area contributed by atoms with Gasteiger partial charge >= 0.3 is 6.18 Å². The molecule has 116 valence electrons. The number of benzene rings is 1. The van der Waals surface area contributed by atoms with Crippen molar-refractivity contribution >= 4 is 11.7 Å². The number of carbonyl (C=O) groups is 1. The lowest BCUT2D eigenvalue weighted by atomic mass is 9.85. The SMILES string of the molecule is Cc1nn(C)c2c1[C@@H](c1ccc(C(F)(F)F)cc1)CC(=O)N2. The summed E-state index contributed by atoms with van der Waals surface area (Å²) in [6.45, 7) is 1.83. The van der Waals surface area contributed by atoms with Gasteiger partial charge in [-0.05, 0) is 24.6 Å². The summed E-state index contributed by atoms with van der Waals surface area (Å²) in [6.07, 6.45) is -4.16. The van der Waals surface area contributed by atoms with E-state index in [0.29, 0.717) is 11.4 Å². The summed E-state index contributed by atoms with van der Waals surface area (Å²) in [5, 5.41) is 7.05. The van der Waals surface area contributed by atoms with Crippen molar-refractivity contribution in [2.75, 3.05) is 5.32 Å². The van der Waals surface area contributed by atoms with Crippen LogP contribution in [-0.2, 0) is 18.0 Å². The number of carbonyl (C=O) groups excluding carboxylic acids is 1. The number of nitrogens with one attached hydrogen (secondary N) is 1. The number of aryl methyl sites for hydroxylation is 2. The van der Waals surface area contributed by atoms with Gasteiger partial charge in [0.1, 0.15) is 5.82 Å². The molecule has 22 heavy (non-hydrogen) atoms. The van der Waals surface area contributed by atoms with E-state index in [1.54, 1.807) is 11.7 Å². The van der Waals surface area contributed by atoms with E-state index in [2.05, 4.69) is 10.4 Å². The summed E-state index contributed by atoms with van der Waals surface area (Å²) < 4.78 is 39.5. The Kier molecular flexibility index (Phi) is 3.23. The normalized spacial score (nSPS) is 18.0. The Balaban J connectivity index is 2.04. The highest BCUT2D eigenvalue weighted by Gasteiger charge is 2.33. The van der Waals surface area contributed by atoms with E-state index >= 15 is 0 Å². The molecule has 0 bridgehead atoms. The van der Waals surface area contributed by atoms with E-state index in [4.69, 9.17) is 0 Å². The van der Waals surface area contributed by atoms with Gasteiger partial charge in [0.05, 0.1) is 11.3 Å². The molecule has 4 nitrogen and oxygen atoms in total. The van der Waals surface area contributed by atoms with Crippen LogP contribution in [0.15, 0.2) is 24.3 Å². The third-order valence-corrected chi connectivity index (χ3v) is 3.90. The predicted octanol–water partition coefficient (Wildman–Crippen LogP) is 3.22. The van der Waals surface area contributed by atoms with Crippen molar-refractivity contribution in [1.82, 2.24) is 9.78 Å². The highest BCUT2D eigenvalue weighted by Crippen LogP contribution is 2.39. The van der Waals surface area contributed by atoms with E-state index < -0.39 is 11.7 Å². The van der Waals surface area contributed by atoms with Crippen LogP contribution >= 0.6 is 0 Å². The molecule has 1 aromatic carbocycles. The summed E-state index contributed by atoms with van der Waals surface area (Å²) in [5.74, 6) is 0.166. The number of aromatic nitrogens is 2. The second kappa shape index (κ2) is 4.86. The molecular formula is C15H14F3N3O. The minimum atomic E-state index is -4.36. The zero-order chi connectivity index (χ0) is 16.1. The second-order valence-electron chi connectivity index (χ2n) is 5.40. The first kappa shape index (κ1) is 14.6. The molecule has 0 saturated carbocycles. The molecule has 3 rings (SSSR count). The summed E-state index contributed by atoms with van der Waals surface area (Å²) in [7, 11) is 1.72. The Bertz CT molecular complexity index is 732. The van der Waals surface area contributed by atoms with Gasteiger partial charge < -0.3 is 5.32 Å². The summed E-state index contributed by atoms with van der Waals surface area (Å²) in [6, 6.07) is 4.96. The Morgan fingerprint density at radius 1 is 1.27 bits per heavy atom. The van der Waals surface area contributed by atoms with Crippen LogP contribution in [0.4, 0.5) is 19.0 Å². The molecule has 0 spiro atoms. The Morgan fingerprint density at radius 3 is 2.50 bits per heavy atom. The molecule has 1 amide bonds. The molecule has 0 fully saturated rings. The maximum absolute atomic E-state index is 12.7. The van der Waals surface area contributed by atoms with Crippen molar-refractivity contribution in [1.29, 1.82) is 0 Å².